The summed E-state index contributed by atoms with van der Waals surface area (Å²) in [6.07, 6.45) is 0. The number of hydrogen-bond donors (Lipinski definition) is 2. The lowest BCUT2D eigenvalue weighted by Crippen LogP contribution is -2.37. The zero-order valence-corrected chi connectivity index (χ0v) is 10.1. The van der Waals surface area contributed by atoms with E-state index in [1.807, 2.05) is 0 Å². The minimum atomic E-state index is -1.03. The summed E-state index contributed by atoms with van der Waals surface area (Å²) in [4.78, 5) is 0. The highest BCUT2D eigenvalue weighted by Crippen LogP contribution is 2.33. The molecule has 0 fully saturated rings. The molecule has 1 atom stereocenters. The first-order valence-electron chi connectivity index (χ1n) is 4.35. The van der Waals surface area contributed by atoms with Crippen molar-refractivity contribution in [3.8, 4) is 5.75 Å². The van der Waals surface area contributed by atoms with Crippen molar-refractivity contribution in [3.63, 3.8) is 0 Å². The highest BCUT2D eigenvalue weighted by Gasteiger charge is 2.26. The van der Waals surface area contributed by atoms with Crippen LogP contribution in [-0.2, 0) is 5.54 Å². The van der Waals surface area contributed by atoms with Crippen LogP contribution in [0.15, 0.2) is 16.6 Å². The van der Waals surface area contributed by atoms with Gasteiger partial charge in [-0.1, -0.05) is 15.9 Å². The molecule has 0 spiro atoms. The lowest BCUT2D eigenvalue weighted by Gasteiger charge is -2.25. The molecular formula is C10H13BrFNO2. The third kappa shape index (κ3) is 2.48. The Hall–Kier alpha value is -0.650. The van der Waals surface area contributed by atoms with Gasteiger partial charge >= 0.3 is 0 Å². The number of halogens is 2. The van der Waals surface area contributed by atoms with Crippen molar-refractivity contribution in [1.82, 2.24) is 0 Å². The van der Waals surface area contributed by atoms with E-state index < -0.39 is 11.4 Å². The molecule has 3 nitrogen and oxygen atoms in total. The SMILES string of the molecule is COc1c(F)cc(Br)cc1C(C)(N)CO. The Morgan fingerprint density at radius 1 is 1.60 bits per heavy atom. The number of rotatable bonds is 3. The third-order valence-electron chi connectivity index (χ3n) is 2.16. The minimum absolute atomic E-state index is 0.0669. The molecule has 15 heavy (non-hydrogen) atoms. The number of aliphatic hydroxyl groups is 1. The fraction of sp³-hybridized carbons (Fsp3) is 0.400. The summed E-state index contributed by atoms with van der Waals surface area (Å²) < 4.78 is 19.0. The van der Waals surface area contributed by atoms with E-state index in [1.165, 1.54) is 13.2 Å². The molecule has 1 rings (SSSR count). The normalized spacial score (nSPS) is 14.8. The molecule has 0 saturated heterocycles. The van der Waals surface area contributed by atoms with E-state index in [0.717, 1.165) is 0 Å². The van der Waals surface area contributed by atoms with Gasteiger partial charge < -0.3 is 15.6 Å². The molecule has 5 heteroatoms. The second kappa shape index (κ2) is 4.47. The van der Waals surface area contributed by atoms with Crippen LogP contribution in [0, 0.1) is 5.82 Å². The van der Waals surface area contributed by atoms with Gasteiger partial charge in [0.1, 0.15) is 0 Å². The van der Waals surface area contributed by atoms with E-state index in [9.17, 15) is 4.39 Å². The second-order valence-corrected chi connectivity index (χ2v) is 4.46. The van der Waals surface area contributed by atoms with E-state index in [-0.39, 0.29) is 12.4 Å². The van der Waals surface area contributed by atoms with E-state index >= 15 is 0 Å². The molecule has 84 valence electrons. The number of methoxy groups -OCH3 is 1. The Morgan fingerprint density at radius 2 is 2.20 bits per heavy atom. The molecule has 0 radical (unpaired) electrons. The fourth-order valence-electron chi connectivity index (χ4n) is 1.28. The molecule has 1 unspecified atom stereocenters. The van der Waals surface area contributed by atoms with E-state index in [1.54, 1.807) is 13.0 Å². The summed E-state index contributed by atoms with van der Waals surface area (Å²) in [5.41, 5.74) is 5.23. The zero-order valence-electron chi connectivity index (χ0n) is 8.55. The Bertz CT molecular complexity index is 369. The minimum Gasteiger partial charge on any atom is -0.493 e. The van der Waals surface area contributed by atoms with Gasteiger partial charge in [0.15, 0.2) is 11.6 Å². The predicted octanol–water partition coefficient (Wildman–Crippen LogP) is 1.76. The smallest absolute Gasteiger partial charge is 0.166 e. The van der Waals surface area contributed by atoms with Gasteiger partial charge in [-0.3, -0.25) is 0 Å². The van der Waals surface area contributed by atoms with E-state index in [2.05, 4.69) is 15.9 Å². The molecule has 1 aromatic carbocycles. The summed E-state index contributed by atoms with van der Waals surface area (Å²) in [7, 11) is 1.36. The predicted molar refractivity (Wildman–Crippen MR) is 59.3 cm³/mol. The molecule has 3 N–H and O–H groups in total. The summed E-state index contributed by atoms with van der Waals surface area (Å²) in [6, 6.07) is 2.92. The fourth-order valence-corrected chi connectivity index (χ4v) is 1.71. The van der Waals surface area contributed by atoms with Crippen LogP contribution in [0.5, 0.6) is 5.75 Å². The molecule has 0 aliphatic heterocycles. The Balaban J connectivity index is 3.39. The largest absolute Gasteiger partial charge is 0.493 e. The molecular weight excluding hydrogens is 265 g/mol. The van der Waals surface area contributed by atoms with Gasteiger partial charge in [0.25, 0.3) is 0 Å². The Morgan fingerprint density at radius 3 is 2.67 bits per heavy atom. The van der Waals surface area contributed by atoms with Crippen molar-refractivity contribution < 1.29 is 14.2 Å². The van der Waals surface area contributed by atoms with Crippen molar-refractivity contribution in [2.75, 3.05) is 13.7 Å². The number of hydrogen-bond acceptors (Lipinski definition) is 3. The highest BCUT2D eigenvalue weighted by molar-refractivity contribution is 9.10. The third-order valence-corrected chi connectivity index (χ3v) is 2.61. The highest BCUT2D eigenvalue weighted by atomic mass is 79.9. The molecule has 1 aromatic rings. The average molecular weight is 278 g/mol. The van der Waals surface area contributed by atoms with Gasteiger partial charge in [0, 0.05) is 10.0 Å². The van der Waals surface area contributed by atoms with E-state index in [0.29, 0.717) is 10.0 Å². The van der Waals surface area contributed by atoms with Crippen molar-refractivity contribution >= 4 is 15.9 Å². The van der Waals surface area contributed by atoms with Gasteiger partial charge in [-0.05, 0) is 19.1 Å². The number of ether oxygens (including phenoxy) is 1. The first kappa shape index (κ1) is 12.4. The summed E-state index contributed by atoms with van der Waals surface area (Å²) >= 11 is 3.17. The van der Waals surface area contributed by atoms with Gasteiger partial charge in [-0.2, -0.15) is 0 Å². The summed E-state index contributed by atoms with van der Waals surface area (Å²) in [5, 5.41) is 9.13. The van der Waals surface area contributed by atoms with Gasteiger partial charge in [-0.25, -0.2) is 4.39 Å². The number of benzene rings is 1. The van der Waals surface area contributed by atoms with Crippen molar-refractivity contribution in [1.29, 1.82) is 0 Å². The topological polar surface area (TPSA) is 55.5 Å². The van der Waals surface area contributed by atoms with Crippen LogP contribution in [0.4, 0.5) is 4.39 Å². The van der Waals surface area contributed by atoms with Crippen LogP contribution in [0.2, 0.25) is 0 Å². The average Bonchev–Trinajstić information content (AvgIpc) is 2.16. The summed E-state index contributed by atoms with van der Waals surface area (Å²) in [5.74, 6) is -0.441. The van der Waals surface area contributed by atoms with Crippen molar-refractivity contribution in [3.05, 3.63) is 28.0 Å². The van der Waals surface area contributed by atoms with Crippen molar-refractivity contribution in [2.45, 2.75) is 12.5 Å². The maximum atomic E-state index is 13.5. The zero-order chi connectivity index (χ0) is 11.6. The first-order chi connectivity index (χ1) is 6.92. The summed E-state index contributed by atoms with van der Waals surface area (Å²) in [6.45, 7) is 1.32. The standard InChI is InChI=1S/C10H13BrFNO2/c1-10(13,5-14)7-3-6(11)4-8(12)9(7)15-2/h3-4,14H,5,13H2,1-2H3. The molecule has 0 aliphatic carbocycles. The second-order valence-electron chi connectivity index (χ2n) is 3.54. The lowest BCUT2D eigenvalue weighted by atomic mass is 9.93. The monoisotopic (exact) mass is 277 g/mol. The van der Waals surface area contributed by atoms with E-state index in [4.69, 9.17) is 15.6 Å². The lowest BCUT2D eigenvalue weighted by molar-refractivity contribution is 0.205. The van der Waals surface area contributed by atoms with Gasteiger partial charge in [0.05, 0.1) is 19.3 Å². The number of nitrogens with two attached hydrogens (primary N) is 1. The molecule has 0 bridgehead atoms. The quantitative estimate of drug-likeness (QED) is 0.885. The molecule has 0 saturated carbocycles. The Kier molecular flexibility index (Phi) is 3.70. The van der Waals surface area contributed by atoms with Crippen LogP contribution < -0.4 is 10.5 Å². The van der Waals surface area contributed by atoms with Gasteiger partial charge in [0.2, 0.25) is 0 Å². The van der Waals surface area contributed by atoms with Crippen LogP contribution in [-0.4, -0.2) is 18.8 Å². The van der Waals surface area contributed by atoms with Crippen LogP contribution in [0.1, 0.15) is 12.5 Å². The number of aliphatic hydroxyl groups excluding tert-OH is 1. The van der Waals surface area contributed by atoms with Crippen LogP contribution >= 0.6 is 15.9 Å². The molecule has 0 aromatic heterocycles. The first-order valence-corrected chi connectivity index (χ1v) is 5.15. The van der Waals surface area contributed by atoms with Crippen LogP contribution in [0.25, 0.3) is 0 Å². The van der Waals surface area contributed by atoms with Crippen LogP contribution in [0.3, 0.4) is 0 Å². The maximum Gasteiger partial charge on any atom is 0.166 e. The van der Waals surface area contributed by atoms with Gasteiger partial charge in [-0.15, -0.1) is 0 Å². The molecule has 0 amide bonds. The van der Waals surface area contributed by atoms with Crippen molar-refractivity contribution in [2.24, 2.45) is 5.73 Å². The Labute approximate surface area is 96.2 Å². The molecule has 0 aliphatic rings. The maximum absolute atomic E-state index is 13.5. The molecule has 0 heterocycles.